The summed E-state index contributed by atoms with van der Waals surface area (Å²) < 4.78 is 0. The van der Waals surface area contributed by atoms with Crippen LogP contribution in [0.5, 0.6) is 0 Å². The van der Waals surface area contributed by atoms with E-state index in [1.54, 1.807) is 0 Å². The maximum Gasteiger partial charge on any atom is 0.0591 e. The lowest BCUT2D eigenvalue weighted by Crippen LogP contribution is -2.19. The van der Waals surface area contributed by atoms with Gasteiger partial charge in [0, 0.05) is 17.6 Å². The van der Waals surface area contributed by atoms with Gasteiger partial charge in [-0.2, -0.15) is 0 Å². The van der Waals surface area contributed by atoms with Crippen LogP contribution in [0.15, 0.2) is 18.2 Å². The Hall–Kier alpha value is -0.890. The monoisotopic (exact) mass is 224 g/mol. The summed E-state index contributed by atoms with van der Waals surface area (Å²) in [6, 6.07) is 6.56. The molecule has 1 aliphatic rings. The van der Waals surface area contributed by atoms with Gasteiger partial charge in [-0.05, 0) is 31.0 Å². The third-order valence-corrected chi connectivity index (χ3v) is 3.02. The summed E-state index contributed by atoms with van der Waals surface area (Å²) in [6.45, 7) is 3.24. The van der Waals surface area contributed by atoms with Gasteiger partial charge in [0.25, 0.3) is 0 Å². The molecule has 0 aliphatic carbocycles. The van der Waals surface area contributed by atoms with E-state index in [1.807, 2.05) is 12.1 Å². The molecular weight excluding hydrogens is 208 g/mol. The Labute approximate surface area is 96.0 Å². The predicted molar refractivity (Wildman–Crippen MR) is 66.9 cm³/mol. The van der Waals surface area contributed by atoms with Gasteiger partial charge in [0.2, 0.25) is 0 Å². The van der Waals surface area contributed by atoms with Crippen molar-refractivity contribution in [1.29, 1.82) is 0 Å². The van der Waals surface area contributed by atoms with Crippen molar-refractivity contribution in [3.63, 3.8) is 0 Å². The van der Waals surface area contributed by atoms with Crippen molar-refractivity contribution >= 4 is 23.0 Å². The van der Waals surface area contributed by atoms with Crippen LogP contribution in [0.3, 0.4) is 0 Å². The first-order valence-electron chi connectivity index (χ1n) is 5.59. The Morgan fingerprint density at radius 1 is 1.40 bits per heavy atom. The van der Waals surface area contributed by atoms with Gasteiger partial charge in [0.1, 0.15) is 0 Å². The summed E-state index contributed by atoms with van der Waals surface area (Å²) in [5.41, 5.74) is 2.30. The normalized spacial score (nSPS) is 19.7. The summed E-state index contributed by atoms with van der Waals surface area (Å²) in [5.74, 6) is 0. The van der Waals surface area contributed by atoms with Crippen LogP contribution in [-0.4, -0.2) is 12.6 Å². The van der Waals surface area contributed by atoms with Crippen LogP contribution in [0.2, 0.25) is 5.02 Å². The minimum atomic E-state index is 0.588. The van der Waals surface area contributed by atoms with Gasteiger partial charge in [-0.3, -0.25) is 0 Å². The fourth-order valence-corrected chi connectivity index (χ4v) is 2.20. The van der Waals surface area contributed by atoms with Gasteiger partial charge in [-0.25, -0.2) is 0 Å². The van der Waals surface area contributed by atoms with Gasteiger partial charge < -0.3 is 10.6 Å². The Bertz CT molecular complexity index is 338. The first-order valence-corrected chi connectivity index (χ1v) is 5.97. The molecule has 0 saturated carbocycles. The molecule has 2 N–H and O–H groups in total. The smallest absolute Gasteiger partial charge is 0.0591 e. The minimum Gasteiger partial charge on any atom is -0.383 e. The SMILES string of the molecule is CCCC1CCNc2cc(Cl)ccc2N1. The first kappa shape index (κ1) is 10.6. The van der Waals surface area contributed by atoms with Crippen LogP contribution >= 0.6 is 11.6 Å². The zero-order valence-electron chi connectivity index (χ0n) is 9.02. The van der Waals surface area contributed by atoms with Gasteiger partial charge in [0.05, 0.1) is 11.4 Å². The summed E-state index contributed by atoms with van der Waals surface area (Å²) in [4.78, 5) is 0. The van der Waals surface area contributed by atoms with E-state index in [4.69, 9.17) is 11.6 Å². The quantitative estimate of drug-likeness (QED) is 0.800. The second-order valence-corrected chi connectivity index (χ2v) is 4.47. The molecule has 0 spiro atoms. The lowest BCUT2D eigenvalue weighted by atomic mass is 10.1. The number of nitrogens with one attached hydrogen (secondary N) is 2. The molecule has 1 aromatic rings. The van der Waals surface area contributed by atoms with Crippen molar-refractivity contribution in [3.05, 3.63) is 23.2 Å². The van der Waals surface area contributed by atoms with Crippen molar-refractivity contribution in [2.24, 2.45) is 0 Å². The van der Waals surface area contributed by atoms with E-state index in [2.05, 4.69) is 23.6 Å². The standard InChI is InChI=1S/C12H17ClN2/c1-2-3-10-6-7-14-12-8-9(13)4-5-11(12)15-10/h4-5,8,10,14-15H,2-3,6-7H2,1H3. The highest BCUT2D eigenvalue weighted by Crippen LogP contribution is 2.29. The number of hydrogen-bond acceptors (Lipinski definition) is 2. The lowest BCUT2D eigenvalue weighted by molar-refractivity contribution is 0.615. The largest absolute Gasteiger partial charge is 0.383 e. The third-order valence-electron chi connectivity index (χ3n) is 2.79. The Kier molecular flexibility index (Phi) is 3.37. The molecule has 1 atom stereocenters. The summed E-state index contributed by atoms with van der Waals surface area (Å²) in [5, 5.41) is 7.76. The second-order valence-electron chi connectivity index (χ2n) is 4.04. The Morgan fingerprint density at radius 3 is 3.07 bits per heavy atom. The molecule has 2 rings (SSSR count). The van der Waals surface area contributed by atoms with Crippen LogP contribution in [0, 0.1) is 0 Å². The summed E-state index contributed by atoms with van der Waals surface area (Å²) >= 11 is 5.96. The van der Waals surface area contributed by atoms with E-state index in [1.165, 1.54) is 24.9 Å². The van der Waals surface area contributed by atoms with Crippen LogP contribution in [0.4, 0.5) is 11.4 Å². The van der Waals surface area contributed by atoms with E-state index in [-0.39, 0.29) is 0 Å². The van der Waals surface area contributed by atoms with Crippen molar-refractivity contribution < 1.29 is 0 Å². The number of fused-ring (bicyclic) bond motifs is 1. The zero-order chi connectivity index (χ0) is 10.7. The van der Waals surface area contributed by atoms with Crippen molar-refractivity contribution in [2.45, 2.75) is 32.2 Å². The van der Waals surface area contributed by atoms with Crippen molar-refractivity contribution in [2.75, 3.05) is 17.2 Å². The van der Waals surface area contributed by atoms with Crippen LogP contribution in [0.25, 0.3) is 0 Å². The lowest BCUT2D eigenvalue weighted by Gasteiger charge is -2.16. The van der Waals surface area contributed by atoms with Gasteiger partial charge in [0.15, 0.2) is 0 Å². The van der Waals surface area contributed by atoms with E-state index in [0.717, 1.165) is 17.3 Å². The first-order chi connectivity index (χ1) is 7.29. The molecule has 1 heterocycles. The number of halogens is 1. The van der Waals surface area contributed by atoms with E-state index in [0.29, 0.717) is 6.04 Å². The molecule has 0 fully saturated rings. The molecule has 0 saturated heterocycles. The van der Waals surface area contributed by atoms with Gasteiger partial charge >= 0.3 is 0 Å². The van der Waals surface area contributed by atoms with E-state index in [9.17, 15) is 0 Å². The maximum absolute atomic E-state index is 5.96. The van der Waals surface area contributed by atoms with Gasteiger partial charge in [-0.1, -0.05) is 24.9 Å². The Morgan fingerprint density at radius 2 is 2.27 bits per heavy atom. The Balaban J connectivity index is 2.18. The number of benzene rings is 1. The number of hydrogen-bond donors (Lipinski definition) is 2. The molecule has 0 amide bonds. The third kappa shape index (κ3) is 2.57. The molecule has 82 valence electrons. The zero-order valence-corrected chi connectivity index (χ0v) is 9.77. The number of anilines is 2. The van der Waals surface area contributed by atoms with Crippen LogP contribution in [-0.2, 0) is 0 Å². The molecule has 1 unspecified atom stereocenters. The minimum absolute atomic E-state index is 0.588. The molecule has 3 heteroatoms. The molecular formula is C12H17ClN2. The second kappa shape index (κ2) is 4.75. The molecule has 0 aromatic heterocycles. The average Bonchev–Trinajstić information content (AvgIpc) is 2.40. The maximum atomic E-state index is 5.96. The molecule has 2 nitrogen and oxygen atoms in total. The van der Waals surface area contributed by atoms with Crippen LogP contribution < -0.4 is 10.6 Å². The number of rotatable bonds is 2. The van der Waals surface area contributed by atoms with Crippen molar-refractivity contribution in [3.8, 4) is 0 Å². The average molecular weight is 225 g/mol. The highest BCUT2D eigenvalue weighted by Gasteiger charge is 2.14. The molecule has 15 heavy (non-hydrogen) atoms. The van der Waals surface area contributed by atoms with E-state index < -0.39 is 0 Å². The molecule has 0 bridgehead atoms. The fraction of sp³-hybridized carbons (Fsp3) is 0.500. The van der Waals surface area contributed by atoms with Crippen molar-refractivity contribution in [1.82, 2.24) is 0 Å². The highest BCUT2D eigenvalue weighted by atomic mass is 35.5. The predicted octanol–water partition coefficient (Wildman–Crippen LogP) is 3.74. The van der Waals surface area contributed by atoms with E-state index >= 15 is 0 Å². The topological polar surface area (TPSA) is 24.1 Å². The summed E-state index contributed by atoms with van der Waals surface area (Å²) in [6.07, 6.45) is 3.62. The van der Waals surface area contributed by atoms with Crippen LogP contribution in [0.1, 0.15) is 26.2 Å². The molecule has 1 aromatic carbocycles. The molecule has 0 radical (unpaired) electrons. The highest BCUT2D eigenvalue weighted by molar-refractivity contribution is 6.31. The molecule has 1 aliphatic heterocycles. The fourth-order valence-electron chi connectivity index (χ4n) is 2.03. The van der Waals surface area contributed by atoms with Gasteiger partial charge in [-0.15, -0.1) is 0 Å². The summed E-state index contributed by atoms with van der Waals surface area (Å²) in [7, 11) is 0.